The Morgan fingerprint density at radius 1 is 1.47 bits per heavy atom. The van der Waals surface area contributed by atoms with Crippen molar-refractivity contribution in [1.29, 1.82) is 0 Å². The average Bonchev–Trinajstić information content (AvgIpc) is 2.26. The molecule has 1 amide bonds. The zero-order valence-electron chi connectivity index (χ0n) is 8.53. The summed E-state index contributed by atoms with van der Waals surface area (Å²) in [5, 5.41) is 8.75. The Hall–Kier alpha value is -1.86. The van der Waals surface area contributed by atoms with Gasteiger partial charge in [0, 0.05) is 12.7 Å². The highest BCUT2D eigenvalue weighted by molar-refractivity contribution is 5.65. The quantitative estimate of drug-likeness (QED) is 0.755. The first-order chi connectivity index (χ1) is 7.88. The molecule has 0 saturated carbocycles. The molecule has 1 aliphatic rings. The maximum Gasteiger partial charge on any atom is 0.451 e. The Morgan fingerprint density at radius 3 is 2.76 bits per heavy atom. The monoisotopic (exact) mass is 247 g/mol. The number of halogens is 3. The van der Waals surface area contributed by atoms with E-state index in [4.69, 9.17) is 5.11 Å². The molecular weight excluding hydrogens is 239 g/mol. The summed E-state index contributed by atoms with van der Waals surface area (Å²) in [6.07, 6.45) is -4.33. The molecule has 0 fully saturated rings. The number of alkyl halides is 3. The Balaban J connectivity index is 2.32. The van der Waals surface area contributed by atoms with Gasteiger partial charge >= 0.3 is 12.3 Å². The van der Waals surface area contributed by atoms with E-state index in [1.54, 1.807) is 0 Å². The molecule has 0 radical (unpaired) electrons. The lowest BCUT2D eigenvalue weighted by Gasteiger charge is -2.25. The van der Waals surface area contributed by atoms with Crippen molar-refractivity contribution in [2.24, 2.45) is 0 Å². The third-order valence-electron chi connectivity index (χ3n) is 2.47. The highest BCUT2D eigenvalue weighted by Gasteiger charge is 2.35. The molecule has 0 aliphatic carbocycles. The van der Waals surface area contributed by atoms with Crippen molar-refractivity contribution in [3.8, 4) is 0 Å². The van der Waals surface area contributed by atoms with Gasteiger partial charge in [-0.05, 0) is 12.0 Å². The van der Waals surface area contributed by atoms with E-state index in [0.717, 1.165) is 11.1 Å². The Morgan fingerprint density at radius 2 is 2.18 bits per heavy atom. The minimum Gasteiger partial charge on any atom is -0.465 e. The summed E-state index contributed by atoms with van der Waals surface area (Å²) in [5.74, 6) is -1.23. The van der Waals surface area contributed by atoms with Gasteiger partial charge in [0.15, 0.2) is 0 Å². The second-order valence-electron chi connectivity index (χ2n) is 3.62. The fraction of sp³-hybridized carbons (Fsp3) is 0.444. The van der Waals surface area contributed by atoms with Gasteiger partial charge in [0.1, 0.15) is 0 Å². The minimum absolute atomic E-state index is 0.126. The number of amides is 1. The molecule has 0 unspecified atom stereocenters. The summed E-state index contributed by atoms with van der Waals surface area (Å²) < 4.78 is 37.1. The summed E-state index contributed by atoms with van der Waals surface area (Å²) in [4.78, 5) is 18.3. The van der Waals surface area contributed by atoms with Crippen LogP contribution < -0.4 is 0 Å². The first-order valence-corrected chi connectivity index (χ1v) is 4.78. The molecule has 1 aromatic heterocycles. The van der Waals surface area contributed by atoms with E-state index >= 15 is 0 Å². The number of carbonyl (C=O) groups is 1. The van der Waals surface area contributed by atoms with Crippen LogP contribution in [-0.4, -0.2) is 32.6 Å². The molecule has 8 heteroatoms. The van der Waals surface area contributed by atoms with Crippen LogP contribution in [0, 0.1) is 0 Å². The fourth-order valence-corrected chi connectivity index (χ4v) is 1.60. The third-order valence-corrected chi connectivity index (χ3v) is 2.47. The second kappa shape index (κ2) is 3.86. The van der Waals surface area contributed by atoms with Gasteiger partial charge < -0.3 is 10.0 Å². The van der Waals surface area contributed by atoms with Crippen molar-refractivity contribution >= 4 is 6.09 Å². The number of hydrogen-bond donors (Lipinski definition) is 1. The summed E-state index contributed by atoms with van der Waals surface area (Å²) in [7, 11) is 0. The van der Waals surface area contributed by atoms with E-state index in [0.29, 0.717) is 12.0 Å². The maximum atomic E-state index is 12.4. The molecule has 1 aliphatic heterocycles. The molecule has 0 bridgehead atoms. The lowest BCUT2D eigenvalue weighted by atomic mass is 10.1. The van der Waals surface area contributed by atoms with Crippen LogP contribution in [0.3, 0.4) is 0 Å². The highest BCUT2D eigenvalue weighted by atomic mass is 19.4. The lowest BCUT2D eigenvalue weighted by molar-refractivity contribution is -0.145. The SMILES string of the molecule is O=C(O)N1CCc2cnc(C(F)(F)F)nc2C1. The summed E-state index contributed by atoms with van der Waals surface area (Å²) >= 11 is 0. The van der Waals surface area contributed by atoms with Crippen molar-refractivity contribution in [1.82, 2.24) is 14.9 Å². The topological polar surface area (TPSA) is 66.3 Å². The Labute approximate surface area is 93.9 Å². The van der Waals surface area contributed by atoms with Crippen molar-refractivity contribution in [3.63, 3.8) is 0 Å². The maximum absolute atomic E-state index is 12.4. The highest BCUT2D eigenvalue weighted by Crippen LogP contribution is 2.27. The van der Waals surface area contributed by atoms with E-state index in [2.05, 4.69) is 9.97 Å². The predicted octanol–water partition coefficient (Wildman–Crippen LogP) is 1.53. The lowest BCUT2D eigenvalue weighted by Crippen LogP contribution is -2.35. The molecule has 0 saturated heterocycles. The molecule has 5 nitrogen and oxygen atoms in total. The van der Waals surface area contributed by atoms with Crippen LogP contribution in [0.4, 0.5) is 18.0 Å². The standard InChI is InChI=1S/C9H8F3N3O2/c10-9(11,12)7-13-3-5-1-2-15(8(16)17)4-6(5)14-7/h3H,1-2,4H2,(H,16,17). The fourth-order valence-electron chi connectivity index (χ4n) is 1.60. The molecule has 0 spiro atoms. The van der Waals surface area contributed by atoms with Gasteiger partial charge in [-0.15, -0.1) is 0 Å². The molecule has 92 valence electrons. The summed E-state index contributed by atoms with van der Waals surface area (Å²) in [6, 6.07) is 0. The predicted molar refractivity (Wildman–Crippen MR) is 49.2 cm³/mol. The Kier molecular flexibility index (Phi) is 2.64. The smallest absolute Gasteiger partial charge is 0.451 e. The zero-order valence-corrected chi connectivity index (χ0v) is 8.53. The second-order valence-corrected chi connectivity index (χ2v) is 3.62. The van der Waals surface area contributed by atoms with Crippen molar-refractivity contribution in [2.45, 2.75) is 19.1 Å². The van der Waals surface area contributed by atoms with Crippen molar-refractivity contribution < 1.29 is 23.1 Å². The van der Waals surface area contributed by atoms with Crippen LogP contribution in [-0.2, 0) is 19.1 Å². The zero-order chi connectivity index (χ0) is 12.6. The van der Waals surface area contributed by atoms with Crippen LogP contribution in [0.5, 0.6) is 0 Å². The van der Waals surface area contributed by atoms with E-state index in [-0.39, 0.29) is 18.8 Å². The minimum atomic E-state index is -4.61. The molecule has 0 atom stereocenters. The van der Waals surface area contributed by atoms with Crippen molar-refractivity contribution in [2.75, 3.05) is 6.54 Å². The number of carboxylic acid groups (broad SMARTS) is 1. The summed E-state index contributed by atoms with van der Waals surface area (Å²) in [5.41, 5.74) is 0.691. The molecule has 2 heterocycles. The van der Waals surface area contributed by atoms with Gasteiger partial charge in [-0.1, -0.05) is 0 Å². The van der Waals surface area contributed by atoms with E-state index < -0.39 is 18.1 Å². The number of nitrogens with zero attached hydrogens (tertiary/aromatic N) is 3. The third kappa shape index (κ3) is 2.29. The first-order valence-electron chi connectivity index (χ1n) is 4.78. The molecule has 1 N–H and O–H groups in total. The normalized spacial score (nSPS) is 15.6. The van der Waals surface area contributed by atoms with Gasteiger partial charge in [-0.2, -0.15) is 13.2 Å². The Bertz CT molecular complexity index is 461. The van der Waals surface area contributed by atoms with Gasteiger partial charge in [-0.3, -0.25) is 0 Å². The van der Waals surface area contributed by atoms with Crippen LogP contribution in [0.25, 0.3) is 0 Å². The van der Waals surface area contributed by atoms with Crippen LogP contribution in [0.2, 0.25) is 0 Å². The summed E-state index contributed by atoms with van der Waals surface area (Å²) in [6.45, 7) is 0.118. The van der Waals surface area contributed by atoms with E-state index in [1.165, 1.54) is 0 Å². The van der Waals surface area contributed by atoms with Gasteiger partial charge in [0.25, 0.3) is 0 Å². The van der Waals surface area contributed by atoms with Gasteiger partial charge in [0.2, 0.25) is 5.82 Å². The first kappa shape index (κ1) is 11.6. The molecule has 0 aromatic carbocycles. The van der Waals surface area contributed by atoms with E-state index in [9.17, 15) is 18.0 Å². The molecule has 17 heavy (non-hydrogen) atoms. The van der Waals surface area contributed by atoms with Gasteiger partial charge in [-0.25, -0.2) is 14.8 Å². The largest absolute Gasteiger partial charge is 0.465 e. The average molecular weight is 247 g/mol. The van der Waals surface area contributed by atoms with Crippen LogP contribution in [0.15, 0.2) is 6.20 Å². The van der Waals surface area contributed by atoms with Crippen molar-refractivity contribution in [3.05, 3.63) is 23.3 Å². The van der Waals surface area contributed by atoms with Crippen LogP contribution in [0.1, 0.15) is 17.1 Å². The molecule has 1 aromatic rings. The number of hydrogen-bond acceptors (Lipinski definition) is 3. The number of aromatic nitrogens is 2. The molecule has 2 rings (SSSR count). The van der Waals surface area contributed by atoms with E-state index in [1.807, 2.05) is 0 Å². The van der Waals surface area contributed by atoms with Crippen LogP contribution >= 0.6 is 0 Å². The number of fused-ring (bicyclic) bond motifs is 1. The van der Waals surface area contributed by atoms with Gasteiger partial charge in [0.05, 0.1) is 12.2 Å². The number of rotatable bonds is 0. The molecular formula is C9H8F3N3O2.